The molecule has 0 amide bonds. The Morgan fingerprint density at radius 3 is 2.71 bits per heavy atom. The SMILES string of the molecule is CC(O)C1CCN(c2ccc(F)cc2CNC(C)(C)C)C1. The largest absolute Gasteiger partial charge is 0.393 e. The number of aliphatic hydroxyl groups excluding tert-OH is 1. The molecular formula is C17H27FN2O. The number of benzene rings is 1. The summed E-state index contributed by atoms with van der Waals surface area (Å²) >= 11 is 0. The summed E-state index contributed by atoms with van der Waals surface area (Å²) in [4.78, 5) is 2.26. The fraction of sp³-hybridized carbons (Fsp3) is 0.647. The van der Waals surface area contributed by atoms with Gasteiger partial charge >= 0.3 is 0 Å². The van der Waals surface area contributed by atoms with E-state index in [0.29, 0.717) is 12.5 Å². The van der Waals surface area contributed by atoms with Crippen molar-refractivity contribution >= 4 is 5.69 Å². The molecule has 3 nitrogen and oxygen atoms in total. The van der Waals surface area contributed by atoms with Gasteiger partial charge in [-0.15, -0.1) is 0 Å². The molecule has 0 radical (unpaired) electrons. The summed E-state index contributed by atoms with van der Waals surface area (Å²) in [5, 5.41) is 13.2. The summed E-state index contributed by atoms with van der Waals surface area (Å²) < 4.78 is 13.6. The maximum Gasteiger partial charge on any atom is 0.123 e. The van der Waals surface area contributed by atoms with Crippen molar-refractivity contribution in [1.29, 1.82) is 0 Å². The fourth-order valence-corrected chi connectivity index (χ4v) is 2.76. The Labute approximate surface area is 127 Å². The highest BCUT2D eigenvalue weighted by Gasteiger charge is 2.27. The number of hydrogen-bond acceptors (Lipinski definition) is 3. The summed E-state index contributed by atoms with van der Waals surface area (Å²) in [6.07, 6.45) is 0.702. The topological polar surface area (TPSA) is 35.5 Å². The molecule has 1 aliphatic rings. The number of halogens is 1. The van der Waals surface area contributed by atoms with Gasteiger partial charge in [0.1, 0.15) is 5.82 Å². The van der Waals surface area contributed by atoms with Gasteiger partial charge in [-0.1, -0.05) is 0 Å². The van der Waals surface area contributed by atoms with Gasteiger partial charge in [0.15, 0.2) is 0 Å². The van der Waals surface area contributed by atoms with Crippen LogP contribution < -0.4 is 10.2 Å². The molecule has 2 N–H and O–H groups in total. The van der Waals surface area contributed by atoms with Crippen LogP contribution in [0.2, 0.25) is 0 Å². The van der Waals surface area contributed by atoms with Crippen LogP contribution in [0.3, 0.4) is 0 Å². The van der Waals surface area contributed by atoms with E-state index in [1.807, 2.05) is 13.0 Å². The zero-order valence-corrected chi connectivity index (χ0v) is 13.5. The molecule has 1 heterocycles. The molecule has 4 heteroatoms. The first-order valence-corrected chi connectivity index (χ1v) is 7.73. The van der Waals surface area contributed by atoms with Crippen LogP contribution in [0.15, 0.2) is 18.2 Å². The molecule has 0 bridgehead atoms. The molecule has 1 aliphatic heterocycles. The van der Waals surface area contributed by atoms with Gasteiger partial charge in [-0.3, -0.25) is 0 Å². The first-order chi connectivity index (χ1) is 9.76. The van der Waals surface area contributed by atoms with E-state index < -0.39 is 0 Å². The first-order valence-electron chi connectivity index (χ1n) is 7.73. The van der Waals surface area contributed by atoms with Crippen molar-refractivity contribution in [1.82, 2.24) is 5.32 Å². The maximum absolute atomic E-state index is 13.6. The predicted octanol–water partition coefficient (Wildman–Crippen LogP) is 2.92. The predicted molar refractivity (Wildman–Crippen MR) is 85.0 cm³/mol. The first kappa shape index (κ1) is 16.2. The summed E-state index contributed by atoms with van der Waals surface area (Å²) in [7, 11) is 0. The maximum atomic E-state index is 13.6. The molecule has 0 aliphatic carbocycles. The molecule has 118 valence electrons. The van der Waals surface area contributed by atoms with E-state index in [2.05, 4.69) is 31.0 Å². The lowest BCUT2D eigenvalue weighted by atomic mass is 10.0. The highest BCUT2D eigenvalue weighted by molar-refractivity contribution is 5.54. The minimum atomic E-state index is -0.286. The van der Waals surface area contributed by atoms with Gasteiger partial charge < -0.3 is 15.3 Å². The molecule has 1 fully saturated rings. The zero-order chi connectivity index (χ0) is 15.6. The van der Waals surface area contributed by atoms with Gasteiger partial charge in [0.25, 0.3) is 0 Å². The highest BCUT2D eigenvalue weighted by Crippen LogP contribution is 2.29. The van der Waals surface area contributed by atoms with Crippen molar-refractivity contribution in [2.75, 3.05) is 18.0 Å². The fourth-order valence-electron chi connectivity index (χ4n) is 2.76. The summed E-state index contributed by atoms with van der Waals surface area (Å²) in [5.41, 5.74) is 2.06. The lowest BCUT2D eigenvalue weighted by Crippen LogP contribution is -2.35. The third-order valence-electron chi connectivity index (χ3n) is 4.10. The summed E-state index contributed by atoms with van der Waals surface area (Å²) in [6, 6.07) is 4.99. The third kappa shape index (κ3) is 4.42. The van der Waals surface area contributed by atoms with E-state index >= 15 is 0 Å². The van der Waals surface area contributed by atoms with E-state index in [4.69, 9.17) is 0 Å². The van der Waals surface area contributed by atoms with Gasteiger partial charge in [-0.05, 0) is 57.9 Å². The normalized spacial score (nSPS) is 20.9. The average Bonchev–Trinajstić information content (AvgIpc) is 2.85. The number of aliphatic hydroxyl groups is 1. The number of hydrogen-bond donors (Lipinski definition) is 2. The van der Waals surface area contributed by atoms with Crippen LogP contribution in [0.1, 0.15) is 39.7 Å². The van der Waals surface area contributed by atoms with Crippen molar-refractivity contribution < 1.29 is 9.50 Å². The number of rotatable bonds is 4. The molecule has 1 saturated heterocycles. The van der Waals surface area contributed by atoms with Crippen LogP contribution in [0.25, 0.3) is 0 Å². The van der Waals surface area contributed by atoms with E-state index in [-0.39, 0.29) is 17.5 Å². The quantitative estimate of drug-likeness (QED) is 0.896. The lowest BCUT2D eigenvalue weighted by Gasteiger charge is -2.26. The van der Waals surface area contributed by atoms with Crippen LogP contribution in [0.4, 0.5) is 10.1 Å². The van der Waals surface area contributed by atoms with E-state index in [9.17, 15) is 9.50 Å². The van der Waals surface area contributed by atoms with Gasteiger partial charge in [0.05, 0.1) is 6.10 Å². The lowest BCUT2D eigenvalue weighted by molar-refractivity contribution is 0.136. The Bertz CT molecular complexity index is 482. The Morgan fingerprint density at radius 2 is 2.14 bits per heavy atom. The van der Waals surface area contributed by atoms with Gasteiger partial charge in [-0.25, -0.2) is 4.39 Å². The van der Waals surface area contributed by atoms with Crippen molar-refractivity contribution in [3.63, 3.8) is 0 Å². The van der Waals surface area contributed by atoms with Gasteiger partial charge in [0.2, 0.25) is 0 Å². The van der Waals surface area contributed by atoms with Gasteiger partial charge in [-0.2, -0.15) is 0 Å². The number of nitrogens with one attached hydrogen (secondary N) is 1. The van der Waals surface area contributed by atoms with Crippen LogP contribution in [0.5, 0.6) is 0 Å². The van der Waals surface area contributed by atoms with Crippen molar-refractivity contribution in [2.45, 2.75) is 52.3 Å². The molecule has 2 unspecified atom stereocenters. The summed E-state index contributed by atoms with van der Waals surface area (Å²) in [6.45, 7) is 10.6. The second-order valence-electron chi connectivity index (χ2n) is 7.11. The highest BCUT2D eigenvalue weighted by atomic mass is 19.1. The zero-order valence-electron chi connectivity index (χ0n) is 13.5. The van der Waals surface area contributed by atoms with Gasteiger partial charge in [0, 0.05) is 36.8 Å². The Kier molecular flexibility index (Phi) is 4.89. The average molecular weight is 294 g/mol. The number of nitrogens with zero attached hydrogens (tertiary/aromatic N) is 1. The smallest absolute Gasteiger partial charge is 0.123 e. The minimum Gasteiger partial charge on any atom is -0.393 e. The van der Waals surface area contributed by atoms with Crippen LogP contribution in [-0.2, 0) is 6.54 Å². The molecule has 1 aromatic carbocycles. The van der Waals surface area contributed by atoms with Crippen LogP contribution >= 0.6 is 0 Å². The monoisotopic (exact) mass is 294 g/mol. The van der Waals surface area contributed by atoms with E-state index in [1.54, 1.807) is 6.07 Å². The molecule has 0 spiro atoms. The number of anilines is 1. The summed E-state index contributed by atoms with van der Waals surface area (Å²) in [5.74, 6) is 0.106. The van der Waals surface area contributed by atoms with Crippen molar-refractivity contribution in [3.05, 3.63) is 29.6 Å². The second kappa shape index (κ2) is 6.32. The Balaban J connectivity index is 2.15. The molecule has 21 heavy (non-hydrogen) atoms. The van der Waals surface area contributed by atoms with Crippen LogP contribution in [-0.4, -0.2) is 29.8 Å². The molecule has 1 aromatic rings. The molecular weight excluding hydrogens is 267 g/mol. The van der Waals surface area contributed by atoms with Crippen molar-refractivity contribution in [3.8, 4) is 0 Å². The molecule has 0 saturated carbocycles. The van der Waals surface area contributed by atoms with Crippen molar-refractivity contribution in [2.24, 2.45) is 5.92 Å². The van der Waals surface area contributed by atoms with E-state index in [1.165, 1.54) is 6.07 Å². The standard InChI is InChI=1S/C17H27FN2O/c1-12(21)13-7-8-20(11-13)16-6-5-15(18)9-14(16)10-19-17(2,3)4/h5-6,9,12-13,19,21H,7-8,10-11H2,1-4H3. The molecule has 0 aromatic heterocycles. The second-order valence-corrected chi connectivity index (χ2v) is 7.11. The Morgan fingerprint density at radius 1 is 1.43 bits per heavy atom. The minimum absolute atomic E-state index is 0.00323. The third-order valence-corrected chi connectivity index (χ3v) is 4.10. The molecule has 2 atom stereocenters. The van der Waals surface area contributed by atoms with E-state index in [0.717, 1.165) is 30.8 Å². The Hall–Kier alpha value is -1.13. The van der Waals surface area contributed by atoms with Crippen LogP contribution in [0, 0.1) is 11.7 Å². The molecule has 2 rings (SSSR count).